The average molecular weight is 508 g/mol. The molecule has 1 fully saturated rings. The van der Waals surface area contributed by atoms with E-state index in [0.717, 1.165) is 35.6 Å². The fourth-order valence-corrected chi connectivity index (χ4v) is 5.23. The van der Waals surface area contributed by atoms with Gasteiger partial charge in [0.2, 0.25) is 11.8 Å². The van der Waals surface area contributed by atoms with Gasteiger partial charge >= 0.3 is 0 Å². The summed E-state index contributed by atoms with van der Waals surface area (Å²) in [4.78, 5) is 33.8. The molecular weight excluding hydrogens is 473 g/mol. The molecule has 0 saturated carbocycles. The summed E-state index contributed by atoms with van der Waals surface area (Å²) in [7, 11) is 0. The molecule has 2 aromatic carbocycles. The van der Waals surface area contributed by atoms with Crippen LogP contribution in [-0.4, -0.2) is 59.2 Å². The van der Waals surface area contributed by atoms with E-state index in [1.165, 1.54) is 25.0 Å². The quantitative estimate of drug-likeness (QED) is 0.348. The van der Waals surface area contributed by atoms with Gasteiger partial charge in [0, 0.05) is 30.9 Å². The van der Waals surface area contributed by atoms with Crippen LogP contribution >= 0.6 is 11.3 Å². The molecule has 1 aliphatic rings. The summed E-state index contributed by atoms with van der Waals surface area (Å²) in [6.45, 7) is 4.31. The molecular formula is C29H34FN3O2S. The van der Waals surface area contributed by atoms with Crippen LogP contribution in [0.5, 0.6) is 0 Å². The van der Waals surface area contributed by atoms with E-state index in [0.29, 0.717) is 32.5 Å². The van der Waals surface area contributed by atoms with Crippen LogP contribution in [0.1, 0.15) is 35.3 Å². The van der Waals surface area contributed by atoms with Crippen molar-refractivity contribution in [3.63, 3.8) is 0 Å². The molecule has 190 valence electrons. The molecule has 2 amide bonds. The van der Waals surface area contributed by atoms with Gasteiger partial charge < -0.3 is 14.7 Å². The largest absolute Gasteiger partial charge is 0.332 e. The number of carbonyl (C=O) groups is 2. The number of amides is 2. The second-order valence-corrected chi connectivity index (χ2v) is 10.3. The lowest BCUT2D eigenvalue weighted by atomic mass is 10.1. The first-order valence-electron chi connectivity index (χ1n) is 12.7. The summed E-state index contributed by atoms with van der Waals surface area (Å²) >= 11 is 1.60. The zero-order valence-corrected chi connectivity index (χ0v) is 21.5. The predicted molar refractivity (Wildman–Crippen MR) is 142 cm³/mol. The van der Waals surface area contributed by atoms with E-state index in [9.17, 15) is 14.0 Å². The highest BCUT2D eigenvalue weighted by atomic mass is 32.1. The highest BCUT2D eigenvalue weighted by Crippen LogP contribution is 2.16. The molecule has 1 saturated heterocycles. The summed E-state index contributed by atoms with van der Waals surface area (Å²) < 4.78 is 13.4. The second kappa shape index (κ2) is 13.3. The number of aryl methyl sites for hydroxylation is 1. The fraction of sp³-hybridized carbons (Fsp3) is 0.379. The lowest BCUT2D eigenvalue weighted by Gasteiger charge is -2.29. The van der Waals surface area contributed by atoms with Crippen molar-refractivity contribution in [1.82, 2.24) is 14.7 Å². The Kier molecular flexibility index (Phi) is 9.64. The normalized spacial score (nSPS) is 13.6. The number of benzene rings is 2. The van der Waals surface area contributed by atoms with Crippen LogP contribution in [0.25, 0.3) is 0 Å². The first-order chi connectivity index (χ1) is 17.6. The highest BCUT2D eigenvalue weighted by Gasteiger charge is 2.23. The van der Waals surface area contributed by atoms with Crippen molar-refractivity contribution in [1.29, 1.82) is 0 Å². The molecule has 0 unspecified atom stereocenters. The van der Waals surface area contributed by atoms with Crippen molar-refractivity contribution in [2.24, 2.45) is 0 Å². The Balaban J connectivity index is 1.45. The number of rotatable bonds is 12. The van der Waals surface area contributed by atoms with E-state index in [-0.39, 0.29) is 24.2 Å². The van der Waals surface area contributed by atoms with Crippen molar-refractivity contribution in [2.45, 2.75) is 38.8 Å². The summed E-state index contributed by atoms with van der Waals surface area (Å²) in [5.41, 5.74) is 1.98. The summed E-state index contributed by atoms with van der Waals surface area (Å²) in [5, 5.41) is 1.99. The van der Waals surface area contributed by atoms with Crippen LogP contribution in [0, 0.1) is 5.82 Å². The topological polar surface area (TPSA) is 43.9 Å². The van der Waals surface area contributed by atoms with Gasteiger partial charge in [0.1, 0.15) is 5.82 Å². The average Bonchev–Trinajstić information content (AvgIpc) is 3.61. The molecule has 36 heavy (non-hydrogen) atoms. The smallest absolute Gasteiger partial charge is 0.242 e. The van der Waals surface area contributed by atoms with Crippen molar-refractivity contribution < 1.29 is 14.0 Å². The Morgan fingerprint density at radius 3 is 2.28 bits per heavy atom. The van der Waals surface area contributed by atoms with E-state index in [4.69, 9.17) is 0 Å². The van der Waals surface area contributed by atoms with Gasteiger partial charge in [-0.3, -0.25) is 9.59 Å². The molecule has 1 aromatic heterocycles. The van der Waals surface area contributed by atoms with Crippen molar-refractivity contribution in [3.8, 4) is 0 Å². The number of nitrogens with zero attached hydrogens (tertiary/aromatic N) is 3. The van der Waals surface area contributed by atoms with Crippen LogP contribution < -0.4 is 0 Å². The third-order valence-electron chi connectivity index (χ3n) is 6.60. The molecule has 0 N–H and O–H groups in total. The predicted octanol–water partition coefficient (Wildman–Crippen LogP) is 4.97. The van der Waals surface area contributed by atoms with E-state index in [2.05, 4.69) is 4.90 Å². The number of likely N-dealkylation sites (tertiary alicyclic amines) is 1. The lowest BCUT2D eigenvalue weighted by Crippen LogP contribution is -2.45. The van der Waals surface area contributed by atoms with Crippen molar-refractivity contribution in [2.75, 3.05) is 32.7 Å². The fourth-order valence-electron chi connectivity index (χ4n) is 4.51. The monoisotopic (exact) mass is 507 g/mol. The minimum absolute atomic E-state index is 0.00394. The van der Waals surface area contributed by atoms with Crippen LogP contribution in [0.3, 0.4) is 0 Å². The third kappa shape index (κ3) is 8.00. The van der Waals surface area contributed by atoms with E-state index in [1.54, 1.807) is 33.3 Å². The molecule has 0 radical (unpaired) electrons. The van der Waals surface area contributed by atoms with E-state index >= 15 is 0 Å². The van der Waals surface area contributed by atoms with Gasteiger partial charge in [0.25, 0.3) is 0 Å². The number of hydrogen-bond donors (Lipinski definition) is 0. The Morgan fingerprint density at radius 2 is 1.58 bits per heavy atom. The standard InChI is InChI=1S/C29H34FN3O2S/c30-26-13-10-25(11-14-26)21-33(22-27-9-6-20-36-27)29(35)23-32(19-18-31-16-4-5-17-31)28(34)15-12-24-7-2-1-3-8-24/h1-3,6-11,13-14,20H,4-5,12,15-19,21-23H2. The first kappa shape index (κ1) is 26.0. The molecule has 0 atom stereocenters. The molecule has 5 nitrogen and oxygen atoms in total. The van der Waals surface area contributed by atoms with Crippen molar-refractivity contribution >= 4 is 23.2 Å². The van der Waals surface area contributed by atoms with E-state index in [1.807, 2.05) is 47.8 Å². The summed E-state index contributed by atoms with van der Waals surface area (Å²) in [6.07, 6.45) is 3.41. The van der Waals surface area contributed by atoms with E-state index < -0.39 is 0 Å². The highest BCUT2D eigenvalue weighted by molar-refractivity contribution is 7.09. The minimum atomic E-state index is -0.299. The maximum Gasteiger partial charge on any atom is 0.242 e. The Labute approximate surface area is 217 Å². The molecule has 0 aliphatic carbocycles. The molecule has 1 aliphatic heterocycles. The molecule has 2 heterocycles. The minimum Gasteiger partial charge on any atom is -0.332 e. The second-order valence-electron chi connectivity index (χ2n) is 9.31. The molecule has 3 aromatic rings. The van der Waals surface area contributed by atoms with Gasteiger partial charge in [-0.2, -0.15) is 0 Å². The molecule has 0 bridgehead atoms. The van der Waals surface area contributed by atoms with Gasteiger partial charge in [0.05, 0.1) is 13.1 Å². The van der Waals surface area contributed by atoms with Gasteiger partial charge in [0.15, 0.2) is 0 Å². The van der Waals surface area contributed by atoms with Gasteiger partial charge in [-0.25, -0.2) is 4.39 Å². The summed E-state index contributed by atoms with van der Waals surface area (Å²) in [5.74, 6) is -0.390. The summed E-state index contributed by atoms with van der Waals surface area (Å²) in [6, 6.07) is 20.2. The number of halogens is 1. The number of hydrogen-bond acceptors (Lipinski definition) is 4. The maximum atomic E-state index is 13.6. The maximum absolute atomic E-state index is 13.6. The van der Waals surface area contributed by atoms with Gasteiger partial charge in [-0.05, 0) is 67.1 Å². The Hall–Kier alpha value is -3.03. The van der Waals surface area contributed by atoms with Crippen molar-refractivity contribution in [3.05, 3.63) is 93.9 Å². The molecule has 4 rings (SSSR count). The number of carbonyl (C=O) groups excluding carboxylic acids is 2. The number of thiophene rings is 1. The van der Waals surface area contributed by atoms with Crippen LogP contribution in [0.15, 0.2) is 72.1 Å². The zero-order chi connectivity index (χ0) is 25.2. The van der Waals surface area contributed by atoms with Crippen LogP contribution in [-0.2, 0) is 29.1 Å². The molecule has 0 spiro atoms. The zero-order valence-electron chi connectivity index (χ0n) is 20.7. The van der Waals surface area contributed by atoms with Crippen LogP contribution in [0.2, 0.25) is 0 Å². The third-order valence-corrected chi connectivity index (χ3v) is 7.46. The lowest BCUT2D eigenvalue weighted by molar-refractivity contribution is -0.141. The SMILES string of the molecule is O=C(CCc1ccccc1)N(CCN1CCCC1)CC(=O)N(Cc1ccc(F)cc1)Cc1cccs1. The van der Waals surface area contributed by atoms with Gasteiger partial charge in [-0.1, -0.05) is 48.5 Å². The Morgan fingerprint density at radius 1 is 0.833 bits per heavy atom. The Bertz CT molecular complexity index is 1080. The molecule has 7 heteroatoms. The van der Waals surface area contributed by atoms with Crippen LogP contribution in [0.4, 0.5) is 4.39 Å². The first-order valence-corrected chi connectivity index (χ1v) is 13.5. The van der Waals surface area contributed by atoms with Gasteiger partial charge in [-0.15, -0.1) is 11.3 Å².